The van der Waals surface area contributed by atoms with Crippen molar-refractivity contribution >= 4 is 12.6 Å². The lowest BCUT2D eigenvalue weighted by Crippen LogP contribution is -2.50. The number of rotatable bonds is 41. The Balaban J connectivity index is 4.54. The minimum absolute atomic E-state index is 1.06. The van der Waals surface area contributed by atoms with Gasteiger partial charge < -0.3 is 13.4 Å². The first-order valence-electron chi connectivity index (χ1n) is 23.2. The molecule has 0 fully saturated rings. The first-order chi connectivity index (χ1) is 24.1. The predicted octanol–water partition coefficient (Wildman–Crippen LogP) is 13.6. The molecule has 0 bridgehead atoms. The van der Waals surface area contributed by atoms with E-state index >= 15 is 0 Å². The van der Waals surface area contributed by atoms with E-state index in [0.29, 0.717) is 0 Å². The second kappa shape index (κ2) is 35.0. The van der Waals surface area contributed by atoms with Crippen LogP contribution in [0.25, 0.3) is 0 Å². The fourth-order valence-corrected chi connectivity index (χ4v) is 8.44. The van der Waals surface area contributed by atoms with Crippen LogP contribution in [-0.4, -0.2) is 100 Å². The number of quaternary nitrogens is 3. The van der Waals surface area contributed by atoms with Gasteiger partial charge in [-0.25, -0.2) is 0 Å². The summed E-state index contributed by atoms with van der Waals surface area (Å²) in [5.41, 5.74) is 0. The van der Waals surface area contributed by atoms with Crippen molar-refractivity contribution in [2.24, 2.45) is 0 Å². The maximum absolute atomic E-state index is 4.36. The van der Waals surface area contributed by atoms with Crippen molar-refractivity contribution in [1.82, 2.24) is 0 Å². The highest BCUT2D eigenvalue weighted by Gasteiger charge is 2.25. The molecule has 0 aromatic carbocycles. The molecule has 0 N–H and O–H groups in total. The van der Waals surface area contributed by atoms with E-state index in [4.69, 9.17) is 0 Å². The quantitative estimate of drug-likeness (QED) is 0.0362. The van der Waals surface area contributed by atoms with Crippen LogP contribution in [0.4, 0.5) is 0 Å². The third-order valence-corrected chi connectivity index (χ3v) is 12.3. The second-order valence-corrected chi connectivity index (χ2v) is 19.0. The fourth-order valence-electron chi connectivity index (χ4n) is 8.22. The molecule has 4 heteroatoms. The first kappa shape index (κ1) is 50.2. The molecule has 0 radical (unpaired) electrons. The zero-order valence-electron chi connectivity index (χ0n) is 36.4. The molecule has 0 aromatic rings. The van der Waals surface area contributed by atoms with Gasteiger partial charge in [-0.3, -0.25) is 0 Å². The third-order valence-electron chi connectivity index (χ3n) is 12.0. The van der Waals surface area contributed by atoms with Crippen LogP contribution in [0.2, 0.25) is 0 Å². The van der Waals surface area contributed by atoms with Crippen molar-refractivity contribution in [3.05, 3.63) is 0 Å². The highest BCUT2D eigenvalue weighted by atomic mass is 32.1. The van der Waals surface area contributed by atoms with Crippen molar-refractivity contribution in [1.29, 1.82) is 0 Å². The summed E-state index contributed by atoms with van der Waals surface area (Å²) >= 11 is 4.36. The third kappa shape index (κ3) is 35.3. The Bertz CT molecular complexity index is 636. The molecular formula is C46H100N3S+3. The van der Waals surface area contributed by atoms with Gasteiger partial charge in [-0.2, -0.15) is 12.6 Å². The van der Waals surface area contributed by atoms with Crippen LogP contribution in [0.5, 0.6) is 0 Å². The molecule has 0 saturated carbocycles. The highest BCUT2D eigenvalue weighted by Crippen LogP contribution is 2.17. The molecule has 0 unspecified atom stereocenters. The molecule has 0 heterocycles. The molecule has 0 saturated heterocycles. The van der Waals surface area contributed by atoms with Crippen molar-refractivity contribution in [3.63, 3.8) is 0 Å². The van der Waals surface area contributed by atoms with E-state index in [1.54, 1.807) is 0 Å². The van der Waals surface area contributed by atoms with Gasteiger partial charge in [0.15, 0.2) is 0 Å². The van der Waals surface area contributed by atoms with Crippen molar-refractivity contribution in [2.75, 3.05) is 86.8 Å². The number of unbranched alkanes of at least 4 members (excludes halogenated alkanes) is 26. The number of nitrogens with zero attached hydrogens (tertiary/aromatic N) is 3. The van der Waals surface area contributed by atoms with Gasteiger partial charge in [0, 0.05) is 12.8 Å². The summed E-state index contributed by atoms with van der Waals surface area (Å²) in [5, 5.41) is 0. The van der Waals surface area contributed by atoms with Crippen LogP contribution in [-0.2, 0) is 0 Å². The molecule has 0 aromatic heterocycles. The Morgan fingerprint density at radius 2 is 0.480 bits per heavy atom. The van der Waals surface area contributed by atoms with Crippen LogP contribution >= 0.6 is 12.6 Å². The normalized spacial score (nSPS) is 12.7. The van der Waals surface area contributed by atoms with Crippen molar-refractivity contribution in [2.45, 2.75) is 213 Å². The Labute approximate surface area is 324 Å². The molecular weight excluding hydrogens is 627 g/mol. The molecule has 3 nitrogen and oxygen atoms in total. The van der Waals surface area contributed by atoms with Gasteiger partial charge in [0.05, 0.1) is 81.1 Å². The molecule has 0 aliphatic heterocycles. The van der Waals surface area contributed by atoms with Gasteiger partial charge in [0.1, 0.15) is 0 Å². The van der Waals surface area contributed by atoms with Crippen LogP contribution in [0, 0.1) is 0 Å². The molecule has 0 aliphatic rings. The van der Waals surface area contributed by atoms with Crippen LogP contribution < -0.4 is 0 Å². The highest BCUT2D eigenvalue weighted by molar-refractivity contribution is 7.80. The first-order valence-corrected chi connectivity index (χ1v) is 23.8. The van der Waals surface area contributed by atoms with E-state index in [1.807, 2.05) is 0 Å². The van der Waals surface area contributed by atoms with E-state index in [-0.39, 0.29) is 0 Å². The Kier molecular flexibility index (Phi) is 35.1. The molecule has 0 aliphatic carbocycles. The van der Waals surface area contributed by atoms with E-state index < -0.39 is 0 Å². The van der Waals surface area contributed by atoms with E-state index in [2.05, 4.69) is 61.7 Å². The Morgan fingerprint density at radius 3 is 0.780 bits per heavy atom. The van der Waals surface area contributed by atoms with Crippen LogP contribution in [0.3, 0.4) is 0 Å². The minimum Gasteiger partial charge on any atom is -0.328 e. The van der Waals surface area contributed by atoms with E-state index in [9.17, 15) is 0 Å². The summed E-state index contributed by atoms with van der Waals surface area (Å²) in [5.74, 6) is 1.06. The summed E-state index contributed by atoms with van der Waals surface area (Å²) in [6.07, 6.45) is 44.3. The van der Waals surface area contributed by atoms with Gasteiger partial charge in [0.2, 0.25) is 0 Å². The lowest BCUT2D eigenvalue weighted by molar-refractivity contribution is -0.928. The minimum atomic E-state index is 1.06. The zero-order valence-corrected chi connectivity index (χ0v) is 37.3. The maximum atomic E-state index is 4.36. The van der Waals surface area contributed by atoms with Crippen molar-refractivity contribution < 1.29 is 13.4 Å². The van der Waals surface area contributed by atoms with Crippen LogP contribution in [0.15, 0.2) is 0 Å². The predicted molar refractivity (Wildman–Crippen MR) is 233 cm³/mol. The molecule has 0 atom stereocenters. The summed E-state index contributed by atoms with van der Waals surface area (Å²) in [6, 6.07) is 0. The van der Waals surface area contributed by atoms with Gasteiger partial charge in [-0.05, 0) is 50.7 Å². The standard InChI is InChI=1S/C46H99N3S/c1-8-10-12-14-16-18-21-25-29-33-39-47(3,4)41-37-44-49(7,43-35-31-27-23-20-24-28-32-36-46-50)45-38-42-48(5,6)40-34-30-26-22-19-17-15-13-11-9-2/h8-46H2,1-7H3/q+2/p+1. The largest absolute Gasteiger partial charge is 0.328 e. The average molecular weight is 727 g/mol. The van der Waals surface area contributed by atoms with Gasteiger partial charge in [-0.15, -0.1) is 0 Å². The Morgan fingerprint density at radius 1 is 0.260 bits per heavy atom. The Hall–Kier alpha value is 0.230. The molecule has 302 valence electrons. The average Bonchev–Trinajstić information content (AvgIpc) is 3.07. The van der Waals surface area contributed by atoms with Gasteiger partial charge in [-0.1, -0.05) is 155 Å². The lowest BCUT2D eigenvalue weighted by Gasteiger charge is -2.38. The summed E-state index contributed by atoms with van der Waals surface area (Å²) in [4.78, 5) is 0. The summed E-state index contributed by atoms with van der Waals surface area (Å²) < 4.78 is 3.74. The smallest absolute Gasteiger partial charge is 0.0839 e. The molecule has 0 amide bonds. The summed E-state index contributed by atoms with van der Waals surface area (Å²) in [6.45, 7) is 14.2. The van der Waals surface area contributed by atoms with Crippen LogP contribution in [0.1, 0.15) is 213 Å². The monoisotopic (exact) mass is 727 g/mol. The zero-order chi connectivity index (χ0) is 37.1. The molecule has 50 heavy (non-hydrogen) atoms. The SMILES string of the molecule is CCCCCCCCCCCC[N+](C)(C)CCC[N+](C)(CCCCCCCCCCCS)CCC[N+](C)(C)CCCCCCCCCCCC. The van der Waals surface area contributed by atoms with E-state index in [1.165, 1.54) is 258 Å². The second-order valence-electron chi connectivity index (χ2n) is 18.5. The topological polar surface area (TPSA) is 0 Å². The number of hydrogen-bond donors (Lipinski definition) is 1. The molecule has 0 spiro atoms. The number of thiol groups is 1. The summed E-state index contributed by atoms with van der Waals surface area (Å²) in [7, 11) is 12.6. The molecule has 0 rings (SSSR count). The van der Waals surface area contributed by atoms with Crippen molar-refractivity contribution in [3.8, 4) is 0 Å². The lowest BCUT2D eigenvalue weighted by atomic mass is 10.1. The fraction of sp³-hybridized carbons (Fsp3) is 1.00. The van der Waals surface area contributed by atoms with Gasteiger partial charge >= 0.3 is 0 Å². The van der Waals surface area contributed by atoms with Gasteiger partial charge in [0.25, 0.3) is 0 Å². The van der Waals surface area contributed by atoms with E-state index in [0.717, 1.165) is 5.75 Å². The number of hydrogen-bond acceptors (Lipinski definition) is 1. The maximum Gasteiger partial charge on any atom is 0.0839 e.